The largest absolute Gasteiger partial charge is 0.299 e. The summed E-state index contributed by atoms with van der Waals surface area (Å²) in [6, 6.07) is 8.77. The summed E-state index contributed by atoms with van der Waals surface area (Å²) < 4.78 is 0. The molecule has 0 aromatic heterocycles. The van der Waals surface area contributed by atoms with Gasteiger partial charge in [0.25, 0.3) is 0 Å². The van der Waals surface area contributed by atoms with Crippen molar-refractivity contribution in [3.63, 3.8) is 0 Å². The number of hydrogen-bond acceptors (Lipinski definition) is 1. The van der Waals surface area contributed by atoms with Crippen LogP contribution in [0, 0.1) is 20.8 Å². The normalized spacial score (nSPS) is 12.3. The molecule has 2 aliphatic carbocycles. The zero-order valence-corrected chi connectivity index (χ0v) is 12.5. The average molecular weight is 264 g/mol. The SMILES string of the molecule is CC(/C=C/c1ccc2c(C)cc(C)cc(C)c1-2)=C\C=O. The monoisotopic (exact) mass is 264 g/mol. The van der Waals surface area contributed by atoms with E-state index in [1.807, 2.05) is 13.0 Å². The molecule has 0 saturated carbocycles. The molecule has 0 unspecified atom stereocenters. The Kier molecular flexibility index (Phi) is 4.19. The third-order valence-electron chi connectivity index (χ3n) is 3.55. The number of aldehydes is 1. The Hall–Kier alpha value is -2.15. The van der Waals surface area contributed by atoms with E-state index >= 15 is 0 Å². The molecule has 0 bridgehead atoms. The molecule has 0 aromatic rings. The number of carbonyl (C=O) groups is 1. The molecular weight excluding hydrogens is 244 g/mol. The van der Waals surface area contributed by atoms with Crippen molar-refractivity contribution in [1.29, 1.82) is 0 Å². The van der Waals surface area contributed by atoms with E-state index in [1.165, 1.54) is 33.4 Å². The molecule has 0 radical (unpaired) electrons. The Morgan fingerprint density at radius 1 is 1.05 bits per heavy atom. The molecule has 2 aliphatic rings. The van der Waals surface area contributed by atoms with Crippen molar-refractivity contribution < 1.29 is 4.79 Å². The van der Waals surface area contributed by atoms with Crippen LogP contribution in [0.1, 0.15) is 29.2 Å². The van der Waals surface area contributed by atoms with E-state index in [0.717, 1.165) is 11.9 Å². The summed E-state index contributed by atoms with van der Waals surface area (Å²) in [5, 5.41) is 0. The van der Waals surface area contributed by atoms with Crippen LogP contribution in [-0.2, 0) is 4.79 Å². The first-order chi connectivity index (χ1) is 9.52. The van der Waals surface area contributed by atoms with Crippen molar-refractivity contribution >= 4 is 12.4 Å². The van der Waals surface area contributed by atoms with Gasteiger partial charge in [0.15, 0.2) is 0 Å². The first-order valence-electron chi connectivity index (χ1n) is 6.83. The van der Waals surface area contributed by atoms with Gasteiger partial charge in [0.2, 0.25) is 0 Å². The van der Waals surface area contributed by atoms with Crippen molar-refractivity contribution in [3.8, 4) is 11.1 Å². The lowest BCUT2D eigenvalue weighted by Crippen LogP contribution is -1.80. The fourth-order valence-electron chi connectivity index (χ4n) is 2.66. The van der Waals surface area contributed by atoms with E-state index in [-0.39, 0.29) is 0 Å². The summed E-state index contributed by atoms with van der Waals surface area (Å²) in [6.07, 6.45) is 6.46. The average Bonchev–Trinajstić information content (AvgIpc) is 2.75. The van der Waals surface area contributed by atoms with Crippen LogP contribution in [0.25, 0.3) is 17.2 Å². The smallest absolute Gasteiger partial charge is 0.143 e. The Morgan fingerprint density at radius 2 is 1.75 bits per heavy atom. The van der Waals surface area contributed by atoms with E-state index < -0.39 is 0 Å². The van der Waals surface area contributed by atoms with Gasteiger partial charge in [-0.25, -0.2) is 0 Å². The zero-order chi connectivity index (χ0) is 14.7. The van der Waals surface area contributed by atoms with Crippen LogP contribution in [0.5, 0.6) is 0 Å². The second-order valence-corrected chi connectivity index (χ2v) is 5.36. The molecule has 0 N–H and O–H groups in total. The minimum absolute atomic E-state index is 0.821. The molecule has 2 rings (SSSR count). The molecule has 102 valence electrons. The number of hydrogen-bond donors (Lipinski definition) is 0. The van der Waals surface area contributed by atoms with Crippen LogP contribution in [-0.4, -0.2) is 6.29 Å². The van der Waals surface area contributed by atoms with Gasteiger partial charge in [-0.2, -0.15) is 0 Å². The van der Waals surface area contributed by atoms with Crippen LogP contribution in [0.3, 0.4) is 0 Å². The third-order valence-corrected chi connectivity index (χ3v) is 3.55. The first-order valence-corrected chi connectivity index (χ1v) is 6.83. The van der Waals surface area contributed by atoms with Crippen LogP contribution in [0.15, 0.2) is 42.0 Å². The maximum Gasteiger partial charge on any atom is 0.143 e. The standard InChI is InChI=1S/C19H20O/c1-13(9-10-20)5-6-17-7-8-18-15(3)11-14(2)12-16(4)19(17)18/h5-12H,1-4H3/b6-5+,13-9+. The Bertz CT molecular complexity index is 675. The number of carbonyl (C=O) groups excluding carboxylic acids is 1. The zero-order valence-electron chi connectivity index (χ0n) is 12.5. The van der Waals surface area contributed by atoms with E-state index in [9.17, 15) is 4.79 Å². The first kappa shape index (κ1) is 14.3. The molecule has 0 aromatic carbocycles. The lowest BCUT2D eigenvalue weighted by atomic mass is 10.0. The highest BCUT2D eigenvalue weighted by molar-refractivity contribution is 5.83. The highest BCUT2D eigenvalue weighted by Crippen LogP contribution is 2.34. The fourth-order valence-corrected chi connectivity index (χ4v) is 2.66. The summed E-state index contributed by atoms with van der Waals surface area (Å²) >= 11 is 0. The molecule has 1 heteroatoms. The van der Waals surface area contributed by atoms with Gasteiger partial charge in [-0.15, -0.1) is 0 Å². The predicted octanol–water partition coefficient (Wildman–Crippen LogP) is 4.88. The number of aryl methyl sites for hydroxylation is 3. The summed E-state index contributed by atoms with van der Waals surface area (Å²) in [7, 11) is 0. The highest BCUT2D eigenvalue weighted by atomic mass is 16.1. The summed E-state index contributed by atoms with van der Waals surface area (Å²) in [5.41, 5.74) is 8.62. The Labute approximate surface area is 121 Å². The minimum atomic E-state index is 0.821. The molecule has 0 atom stereocenters. The Morgan fingerprint density at radius 3 is 2.45 bits per heavy atom. The quantitative estimate of drug-likeness (QED) is 0.439. The maximum absolute atomic E-state index is 10.5. The van der Waals surface area contributed by atoms with Crippen LogP contribution < -0.4 is 0 Å². The lowest BCUT2D eigenvalue weighted by molar-refractivity contribution is -0.104. The Balaban J connectivity index is 2.55. The van der Waals surface area contributed by atoms with Crippen molar-refractivity contribution in [2.45, 2.75) is 27.7 Å². The highest BCUT2D eigenvalue weighted by Gasteiger charge is 2.12. The van der Waals surface area contributed by atoms with Gasteiger partial charge in [-0.3, -0.25) is 4.79 Å². The molecule has 0 aliphatic heterocycles. The van der Waals surface area contributed by atoms with Crippen molar-refractivity contribution in [2.75, 3.05) is 0 Å². The van der Waals surface area contributed by atoms with E-state index in [0.29, 0.717) is 0 Å². The van der Waals surface area contributed by atoms with Crippen molar-refractivity contribution in [2.24, 2.45) is 0 Å². The molecule has 0 saturated heterocycles. The second-order valence-electron chi connectivity index (χ2n) is 5.36. The maximum atomic E-state index is 10.5. The van der Waals surface area contributed by atoms with E-state index in [4.69, 9.17) is 0 Å². The number of fused-ring (bicyclic) bond motifs is 1. The van der Waals surface area contributed by atoms with Gasteiger partial charge >= 0.3 is 0 Å². The van der Waals surface area contributed by atoms with Crippen LogP contribution in [0.4, 0.5) is 0 Å². The molecule has 20 heavy (non-hydrogen) atoms. The van der Waals surface area contributed by atoms with Crippen LogP contribution in [0.2, 0.25) is 0 Å². The van der Waals surface area contributed by atoms with Gasteiger partial charge in [-0.1, -0.05) is 42.0 Å². The molecule has 0 amide bonds. The van der Waals surface area contributed by atoms with Gasteiger partial charge in [0.05, 0.1) is 0 Å². The number of allylic oxidation sites excluding steroid dienone is 3. The third kappa shape index (κ3) is 2.88. The summed E-state index contributed by atoms with van der Waals surface area (Å²) in [4.78, 5) is 10.5. The fraction of sp³-hybridized carbons (Fsp3) is 0.211. The summed E-state index contributed by atoms with van der Waals surface area (Å²) in [6.45, 7) is 8.36. The van der Waals surface area contributed by atoms with Gasteiger partial charge < -0.3 is 0 Å². The van der Waals surface area contributed by atoms with Crippen LogP contribution >= 0.6 is 0 Å². The molecular formula is C19H20O. The van der Waals surface area contributed by atoms with Crippen molar-refractivity contribution in [3.05, 3.63) is 64.2 Å². The topological polar surface area (TPSA) is 17.1 Å². The molecule has 0 heterocycles. The van der Waals surface area contributed by atoms with Gasteiger partial charge in [0, 0.05) is 0 Å². The van der Waals surface area contributed by atoms with E-state index in [2.05, 4.69) is 51.1 Å². The number of rotatable bonds is 3. The molecule has 1 nitrogen and oxygen atoms in total. The van der Waals surface area contributed by atoms with Gasteiger partial charge in [0.1, 0.15) is 6.29 Å². The summed E-state index contributed by atoms with van der Waals surface area (Å²) in [5.74, 6) is 0. The minimum Gasteiger partial charge on any atom is -0.299 e. The molecule has 0 spiro atoms. The van der Waals surface area contributed by atoms with Gasteiger partial charge in [-0.05, 0) is 67.2 Å². The van der Waals surface area contributed by atoms with E-state index in [1.54, 1.807) is 6.08 Å². The predicted molar refractivity (Wildman–Crippen MR) is 86.1 cm³/mol. The van der Waals surface area contributed by atoms with Crippen molar-refractivity contribution in [1.82, 2.24) is 0 Å². The second kappa shape index (κ2) is 5.87. The lowest BCUT2D eigenvalue weighted by Gasteiger charge is -2.03. The molecule has 0 fully saturated rings.